The maximum absolute atomic E-state index is 11.2. The van der Waals surface area contributed by atoms with Gasteiger partial charge < -0.3 is 20.1 Å². The van der Waals surface area contributed by atoms with Crippen molar-refractivity contribution in [1.82, 2.24) is 0 Å². The van der Waals surface area contributed by atoms with Gasteiger partial charge in [-0.1, -0.05) is 47.5 Å². The molecular formula is C35H36O8. The summed E-state index contributed by atoms with van der Waals surface area (Å²) in [6.45, 7) is 11.7. The second kappa shape index (κ2) is 15.7. The number of aryl methyl sites for hydroxylation is 6. The summed E-state index contributed by atoms with van der Waals surface area (Å²) in [5, 5.41) is 26.4. The third-order valence-electron chi connectivity index (χ3n) is 6.59. The number of benzene rings is 4. The summed E-state index contributed by atoms with van der Waals surface area (Å²) in [7, 11) is 0. The van der Waals surface area contributed by atoms with Crippen molar-refractivity contribution in [3.63, 3.8) is 0 Å². The molecule has 0 fully saturated rings. The van der Waals surface area contributed by atoms with E-state index in [1.165, 1.54) is 0 Å². The van der Waals surface area contributed by atoms with Crippen LogP contribution in [0.4, 0.5) is 0 Å². The minimum absolute atomic E-state index is 0.309. The van der Waals surface area contributed by atoms with Crippen molar-refractivity contribution in [1.29, 1.82) is 0 Å². The predicted molar refractivity (Wildman–Crippen MR) is 165 cm³/mol. The van der Waals surface area contributed by atoms with Gasteiger partial charge in [-0.25, -0.2) is 14.4 Å². The SMILES string of the molecule is Cc1cc(C)cc(C(=O)O)c1.Cc1ccc(C(=O)O)cc1C.Cc1ccc(Cc2ccc(C)c(C(=O)O)c2)cc1OC=O. The van der Waals surface area contributed by atoms with Crippen LogP contribution in [0.3, 0.4) is 0 Å². The molecule has 0 aromatic heterocycles. The Labute approximate surface area is 251 Å². The Morgan fingerprint density at radius 3 is 1.63 bits per heavy atom. The van der Waals surface area contributed by atoms with E-state index >= 15 is 0 Å². The van der Waals surface area contributed by atoms with Crippen LogP contribution in [0.1, 0.15) is 75.6 Å². The summed E-state index contributed by atoms with van der Waals surface area (Å²) in [6.07, 6.45) is 0.579. The maximum Gasteiger partial charge on any atom is 0.335 e. The van der Waals surface area contributed by atoms with Crippen LogP contribution in [0.25, 0.3) is 0 Å². The Balaban J connectivity index is 0.000000247. The quantitative estimate of drug-likeness (QED) is 0.195. The first-order chi connectivity index (χ1) is 20.2. The van der Waals surface area contributed by atoms with E-state index in [-0.39, 0.29) is 0 Å². The lowest BCUT2D eigenvalue weighted by Crippen LogP contribution is -2.01. The fourth-order valence-corrected chi connectivity index (χ4v) is 4.15. The molecular weight excluding hydrogens is 548 g/mol. The van der Waals surface area contributed by atoms with Crippen LogP contribution in [0.2, 0.25) is 0 Å². The predicted octanol–water partition coefficient (Wildman–Crippen LogP) is 7.13. The fourth-order valence-electron chi connectivity index (χ4n) is 4.15. The Morgan fingerprint density at radius 2 is 1.12 bits per heavy atom. The van der Waals surface area contributed by atoms with E-state index in [9.17, 15) is 19.2 Å². The minimum atomic E-state index is -0.928. The highest BCUT2D eigenvalue weighted by atomic mass is 16.5. The third-order valence-corrected chi connectivity index (χ3v) is 6.59. The molecule has 0 saturated carbocycles. The zero-order valence-electron chi connectivity index (χ0n) is 25.1. The standard InChI is InChI=1S/C17H16O4.2C9H10O2/c1-11-3-5-13(8-15(11)17(19)20)7-14-6-4-12(2)16(9-14)21-10-18;1-6-3-7(2)5-8(4-6)9(10)11;1-6-3-4-8(9(10)11)5-7(6)2/h3-6,8-10H,7H2,1-2H3,(H,19,20);2*3-5H,1-2H3,(H,10,11). The number of carboxylic acid groups (broad SMARTS) is 3. The topological polar surface area (TPSA) is 138 Å². The van der Waals surface area contributed by atoms with Crippen LogP contribution in [-0.4, -0.2) is 39.7 Å². The molecule has 0 saturated heterocycles. The van der Waals surface area contributed by atoms with E-state index in [1.807, 2.05) is 65.0 Å². The van der Waals surface area contributed by atoms with Gasteiger partial charge in [-0.05, 0) is 118 Å². The second-order valence-electron chi connectivity index (χ2n) is 10.2. The van der Waals surface area contributed by atoms with E-state index < -0.39 is 17.9 Å². The summed E-state index contributed by atoms with van der Waals surface area (Å²) >= 11 is 0. The molecule has 8 heteroatoms. The molecule has 43 heavy (non-hydrogen) atoms. The van der Waals surface area contributed by atoms with Gasteiger partial charge in [0, 0.05) is 0 Å². The number of carboxylic acids is 3. The Kier molecular flexibility index (Phi) is 12.4. The number of hydrogen-bond donors (Lipinski definition) is 3. The van der Waals surface area contributed by atoms with Gasteiger partial charge in [-0.3, -0.25) is 4.79 Å². The normalized spacial score (nSPS) is 9.91. The van der Waals surface area contributed by atoms with E-state index in [0.29, 0.717) is 35.3 Å². The molecule has 0 unspecified atom stereocenters. The lowest BCUT2D eigenvalue weighted by atomic mass is 9.99. The van der Waals surface area contributed by atoms with E-state index in [2.05, 4.69) is 0 Å². The van der Waals surface area contributed by atoms with Crippen LogP contribution in [-0.2, 0) is 11.2 Å². The molecule has 4 aromatic carbocycles. The van der Waals surface area contributed by atoms with Gasteiger partial charge in [0.2, 0.25) is 0 Å². The summed E-state index contributed by atoms with van der Waals surface area (Å²) in [6, 6.07) is 21.4. The lowest BCUT2D eigenvalue weighted by Gasteiger charge is -2.08. The lowest BCUT2D eigenvalue weighted by molar-refractivity contribution is -0.120. The Bertz CT molecular complexity index is 1620. The van der Waals surface area contributed by atoms with Crippen molar-refractivity contribution >= 4 is 24.4 Å². The Morgan fingerprint density at radius 1 is 0.581 bits per heavy atom. The van der Waals surface area contributed by atoms with Crippen molar-refractivity contribution in [2.75, 3.05) is 0 Å². The first kappa shape index (κ1) is 34.0. The zero-order valence-corrected chi connectivity index (χ0v) is 25.1. The summed E-state index contributed by atoms with van der Waals surface area (Å²) in [4.78, 5) is 42.6. The molecule has 0 aliphatic carbocycles. The molecule has 0 bridgehead atoms. The third kappa shape index (κ3) is 10.6. The van der Waals surface area contributed by atoms with E-state index in [0.717, 1.165) is 44.5 Å². The van der Waals surface area contributed by atoms with Gasteiger partial charge in [-0.15, -0.1) is 0 Å². The highest BCUT2D eigenvalue weighted by Gasteiger charge is 2.09. The number of ether oxygens (including phenoxy) is 1. The van der Waals surface area contributed by atoms with Gasteiger partial charge in [-0.2, -0.15) is 0 Å². The summed E-state index contributed by atoms with van der Waals surface area (Å²) in [5.74, 6) is -2.14. The van der Waals surface area contributed by atoms with E-state index in [4.69, 9.17) is 20.1 Å². The highest BCUT2D eigenvalue weighted by Crippen LogP contribution is 2.22. The monoisotopic (exact) mass is 584 g/mol. The summed E-state index contributed by atoms with van der Waals surface area (Å²) < 4.78 is 4.92. The molecule has 224 valence electrons. The maximum atomic E-state index is 11.2. The van der Waals surface area contributed by atoms with E-state index in [1.54, 1.807) is 49.4 Å². The molecule has 0 radical (unpaired) electrons. The number of carbonyl (C=O) groups is 4. The molecule has 4 rings (SSSR count). The van der Waals surface area contributed by atoms with Gasteiger partial charge in [0.15, 0.2) is 0 Å². The minimum Gasteiger partial charge on any atom is -0.478 e. The smallest absolute Gasteiger partial charge is 0.335 e. The molecule has 0 aliphatic heterocycles. The second-order valence-corrected chi connectivity index (χ2v) is 10.2. The Hall–Kier alpha value is -5.24. The molecule has 0 spiro atoms. The van der Waals surface area contributed by atoms with Crippen LogP contribution >= 0.6 is 0 Å². The molecule has 0 heterocycles. The van der Waals surface area contributed by atoms with Crippen LogP contribution in [0, 0.1) is 41.5 Å². The number of carbonyl (C=O) groups excluding carboxylic acids is 1. The molecule has 0 atom stereocenters. The fraction of sp³-hybridized carbons (Fsp3) is 0.200. The number of aromatic carboxylic acids is 3. The van der Waals surface area contributed by atoms with Gasteiger partial charge in [0.1, 0.15) is 5.75 Å². The molecule has 4 aromatic rings. The van der Waals surface area contributed by atoms with Crippen LogP contribution in [0.5, 0.6) is 5.75 Å². The highest BCUT2D eigenvalue weighted by molar-refractivity contribution is 5.89. The van der Waals surface area contributed by atoms with Gasteiger partial charge in [0.05, 0.1) is 16.7 Å². The molecule has 0 amide bonds. The van der Waals surface area contributed by atoms with Crippen molar-refractivity contribution in [2.45, 2.75) is 48.0 Å². The largest absolute Gasteiger partial charge is 0.478 e. The van der Waals surface area contributed by atoms with Crippen LogP contribution in [0.15, 0.2) is 72.8 Å². The molecule has 0 aliphatic rings. The average molecular weight is 585 g/mol. The number of hydrogen-bond acceptors (Lipinski definition) is 5. The van der Waals surface area contributed by atoms with Crippen LogP contribution < -0.4 is 4.74 Å². The molecule has 3 N–H and O–H groups in total. The number of rotatable bonds is 7. The summed E-state index contributed by atoms with van der Waals surface area (Å²) in [5.41, 5.74) is 8.61. The van der Waals surface area contributed by atoms with Crippen molar-refractivity contribution in [2.24, 2.45) is 0 Å². The van der Waals surface area contributed by atoms with Gasteiger partial charge in [0.25, 0.3) is 6.47 Å². The van der Waals surface area contributed by atoms with Crippen molar-refractivity contribution < 1.29 is 39.2 Å². The van der Waals surface area contributed by atoms with Crippen molar-refractivity contribution in [3.05, 3.63) is 134 Å². The zero-order chi connectivity index (χ0) is 32.3. The first-order valence-corrected chi connectivity index (χ1v) is 13.4. The average Bonchev–Trinajstić information content (AvgIpc) is 2.93. The molecule has 8 nitrogen and oxygen atoms in total. The van der Waals surface area contributed by atoms with Gasteiger partial charge >= 0.3 is 17.9 Å². The first-order valence-electron chi connectivity index (χ1n) is 13.4. The van der Waals surface area contributed by atoms with Crippen molar-refractivity contribution in [3.8, 4) is 5.75 Å².